The Balaban J connectivity index is 1.53. The van der Waals surface area contributed by atoms with Gasteiger partial charge in [0, 0.05) is 31.1 Å². The second-order valence-electron chi connectivity index (χ2n) is 10.5. The topological polar surface area (TPSA) is 44.4 Å². The Labute approximate surface area is 178 Å². The summed E-state index contributed by atoms with van der Waals surface area (Å²) in [5.74, 6) is 3.80. The molecule has 0 aromatic carbocycles. The molecule has 29 heavy (non-hydrogen) atoms. The Morgan fingerprint density at radius 3 is 2.41 bits per heavy atom. The van der Waals surface area contributed by atoms with Crippen LogP contribution >= 0.6 is 0 Å². The van der Waals surface area contributed by atoms with Crippen molar-refractivity contribution in [1.82, 2.24) is 15.5 Å². The molecule has 0 radical (unpaired) electrons. The number of fused-ring (bicyclic) bond motifs is 3. The summed E-state index contributed by atoms with van der Waals surface area (Å²) in [5, 5.41) is 6.53. The molecule has 4 rings (SSSR count). The van der Waals surface area contributed by atoms with Gasteiger partial charge in [-0.1, -0.05) is 39.0 Å². The van der Waals surface area contributed by atoms with Gasteiger partial charge in [-0.25, -0.2) is 0 Å². The molecule has 0 bridgehead atoms. The van der Waals surface area contributed by atoms with Crippen LogP contribution in [0.2, 0.25) is 0 Å². The van der Waals surface area contributed by atoms with Crippen molar-refractivity contribution in [2.45, 2.75) is 109 Å². The molecule has 3 saturated carbocycles. The monoisotopic (exact) mass is 403 g/mol. The lowest BCUT2D eigenvalue weighted by atomic mass is 9.57. The molecule has 0 aromatic heterocycles. The molecule has 1 amide bonds. The third kappa shape index (κ3) is 4.69. The SMILES string of the molecule is CCN1C2CCCCC2C2CCC(NC(=O)CCNC)CC2C1C1CCCCC1. The molecule has 1 aliphatic heterocycles. The lowest BCUT2D eigenvalue weighted by molar-refractivity contribution is -0.125. The van der Waals surface area contributed by atoms with E-state index in [1.165, 1.54) is 83.6 Å². The van der Waals surface area contributed by atoms with Gasteiger partial charge in [-0.3, -0.25) is 9.69 Å². The Hall–Kier alpha value is -0.610. The maximum Gasteiger partial charge on any atom is 0.221 e. The molecule has 0 spiro atoms. The predicted molar refractivity (Wildman–Crippen MR) is 120 cm³/mol. The number of nitrogens with one attached hydrogen (secondary N) is 2. The number of piperidine rings is 1. The second kappa shape index (κ2) is 10.1. The number of hydrogen-bond acceptors (Lipinski definition) is 3. The van der Waals surface area contributed by atoms with Crippen molar-refractivity contribution in [2.75, 3.05) is 20.1 Å². The Kier molecular flexibility index (Phi) is 7.55. The zero-order chi connectivity index (χ0) is 20.2. The molecule has 4 heteroatoms. The minimum Gasteiger partial charge on any atom is -0.353 e. The van der Waals surface area contributed by atoms with Crippen LogP contribution in [0.15, 0.2) is 0 Å². The van der Waals surface area contributed by atoms with Crippen molar-refractivity contribution in [3.8, 4) is 0 Å². The van der Waals surface area contributed by atoms with Crippen LogP contribution in [0.1, 0.15) is 90.4 Å². The van der Waals surface area contributed by atoms with Crippen LogP contribution in [-0.2, 0) is 4.79 Å². The van der Waals surface area contributed by atoms with Crippen LogP contribution in [-0.4, -0.2) is 49.1 Å². The van der Waals surface area contributed by atoms with Crippen molar-refractivity contribution < 1.29 is 4.79 Å². The van der Waals surface area contributed by atoms with E-state index >= 15 is 0 Å². The number of carbonyl (C=O) groups excluding carboxylic acids is 1. The molecule has 4 fully saturated rings. The van der Waals surface area contributed by atoms with Gasteiger partial charge in [0.2, 0.25) is 5.91 Å². The standard InChI is InChI=1S/C25H45N3O/c1-3-28-23-12-8-7-11-21(23)20-14-13-19(27-24(29)15-16-26-2)17-22(20)25(28)18-9-5-4-6-10-18/h18-23,25-26H,3-17H2,1-2H3,(H,27,29). The number of rotatable bonds is 6. The van der Waals surface area contributed by atoms with Crippen molar-refractivity contribution >= 4 is 5.91 Å². The van der Waals surface area contributed by atoms with Crippen molar-refractivity contribution in [1.29, 1.82) is 0 Å². The molecular weight excluding hydrogens is 358 g/mol. The first kappa shape index (κ1) is 21.6. The first-order valence-electron chi connectivity index (χ1n) is 12.9. The first-order valence-corrected chi connectivity index (χ1v) is 12.9. The summed E-state index contributed by atoms with van der Waals surface area (Å²) >= 11 is 0. The number of carbonyl (C=O) groups is 1. The molecule has 1 heterocycles. The minimum atomic E-state index is 0.246. The highest BCUT2D eigenvalue weighted by molar-refractivity contribution is 5.76. The van der Waals surface area contributed by atoms with Crippen LogP contribution in [0.25, 0.3) is 0 Å². The molecule has 166 valence electrons. The number of hydrogen-bond donors (Lipinski definition) is 2. The summed E-state index contributed by atoms with van der Waals surface area (Å²) in [6.45, 7) is 4.43. The van der Waals surface area contributed by atoms with Crippen LogP contribution in [0.5, 0.6) is 0 Å². The van der Waals surface area contributed by atoms with Crippen LogP contribution in [0, 0.1) is 23.7 Å². The van der Waals surface area contributed by atoms with Gasteiger partial charge >= 0.3 is 0 Å². The normalized spacial score (nSPS) is 38.8. The summed E-state index contributed by atoms with van der Waals surface area (Å²) in [4.78, 5) is 15.4. The molecule has 0 aromatic rings. The van der Waals surface area contributed by atoms with E-state index in [1.807, 2.05) is 7.05 Å². The molecule has 6 atom stereocenters. The van der Waals surface area contributed by atoms with Gasteiger partial charge in [-0.05, 0) is 82.2 Å². The third-order valence-electron chi connectivity index (χ3n) is 9.00. The predicted octanol–water partition coefficient (Wildman–Crippen LogP) is 4.34. The van der Waals surface area contributed by atoms with Crippen molar-refractivity contribution in [3.63, 3.8) is 0 Å². The molecule has 6 unspecified atom stereocenters. The summed E-state index contributed by atoms with van der Waals surface area (Å²) < 4.78 is 0. The van der Waals surface area contributed by atoms with Crippen LogP contribution in [0.3, 0.4) is 0 Å². The van der Waals surface area contributed by atoms with Crippen molar-refractivity contribution in [2.24, 2.45) is 23.7 Å². The second-order valence-corrected chi connectivity index (χ2v) is 10.5. The summed E-state index contributed by atoms with van der Waals surface area (Å²) in [5.41, 5.74) is 0. The van der Waals surface area contributed by atoms with E-state index in [9.17, 15) is 4.79 Å². The fourth-order valence-corrected chi connectivity index (χ4v) is 7.88. The van der Waals surface area contributed by atoms with Gasteiger partial charge in [0.05, 0.1) is 0 Å². The highest BCUT2D eigenvalue weighted by Crippen LogP contribution is 2.52. The highest BCUT2D eigenvalue weighted by Gasteiger charge is 2.52. The number of nitrogens with zero attached hydrogens (tertiary/aromatic N) is 1. The van der Waals surface area contributed by atoms with E-state index in [-0.39, 0.29) is 5.91 Å². The fraction of sp³-hybridized carbons (Fsp3) is 0.960. The average molecular weight is 404 g/mol. The van der Waals surface area contributed by atoms with E-state index in [4.69, 9.17) is 0 Å². The van der Waals surface area contributed by atoms with Gasteiger partial charge in [-0.15, -0.1) is 0 Å². The highest BCUT2D eigenvalue weighted by atomic mass is 16.1. The zero-order valence-corrected chi connectivity index (χ0v) is 19.0. The summed E-state index contributed by atoms with van der Waals surface area (Å²) in [6, 6.07) is 2.04. The third-order valence-corrected chi connectivity index (χ3v) is 9.00. The molecule has 1 saturated heterocycles. The lowest BCUT2D eigenvalue weighted by Crippen LogP contribution is -2.64. The first-order chi connectivity index (χ1) is 14.2. The van der Waals surface area contributed by atoms with E-state index in [2.05, 4.69) is 22.5 Å². The smallest absolute Gasteiger partial charge is 0.221 e. The lowest BCUT2D eigenvalue weighted by Gasteiger charge is -2.60. The molecule has 3 aliphatic carbocycles. The Bertz CT molecular complexity index is 532. The van der Waals surface area contributed by atoms with Crippen molar-refractivity contribution in [3.05, 3.63) is 0 Å². The van der Waals surface area contributed by atoms with Crippen LogP contribution < -0.4 is 10.6 Å². The van der Waals surface area contributed by atoms with Gasteiger partial charge in [0.1, 0.15) is 0 Å². The maximum atomic E-state index is 12.4. The Morgan fingerprint density at radius 2 is 1.66 bits per heavy atom. The van der Waals surface area contributed by atoms with E-state index in [1.54, 1.807) is 0 Å². The molecule has 4 aliphatic rings. The minimum absolute atomic E-state index is 0.246. The van der Waals surface area contributed by atoms with E-state index in [0.717, 1.165) is 42.3 Å². The largest absolute Gasteiger partial charge is 0.353 e. The van der Waals surface area contributed by atoms with E-state index in [0.29, 0.717) is 12.5 Å². The fourth-order valence-electron chi connectivity index (χ4n) is 7.88. The summed E-state index contributed by atoms with van der Waals surface area (Å²) in [6.07, 6.45) is 17.4. The van der Waals surface area contributed by atoms with Gasteiger partial charge in [-0.2, -0.15) is 0 Å². The van der Waals surface area contributed by atoms with E-state index < -0.39 is 0 Å². The van der Waals surface area contributed by atoms with Gasteiger partial charge < -0.3 is 10.6 Å². The van der Waals surface area contributed by atoms with Gasteiger partial charge in [0.15, 0.2) is 0 Å². The maximum absolute atomic E-state index is 12.4. The zero-order valence-electron chi connectivity index (χ0n) is 19.0. The quantitative estimate of drug-likeness (QED) is 0.693. The van der Waals surface area contributed by atoms with Crippen LogP contribution in [0.4, 0.5) is 0 Å². The number of amides is 1. The summed E-state index contributed by atoms with van der Waals surface area (Å²) in [7, 11) is 1.93. The average Bonchev–Trinajstić information content (AvgIpc) is 2.77. The number of likely N-dealkylation sites (tertiary alicyclic amines) is 1. The van der Waals surface area contributed by atoms with Gasteiger partial charge in [0.25, 0.3) is 0 Å². The molecule has 4 nitrogen and oxygen atoms in total. The molecule has 2 N–H and O–H groups in total. The Morgan fingerprint density at radius 1 is 0.897 bits per heavy atom. The molecular formula is C25H45N3O.